The zero-order chi connectivity index (χ0) is 22.8. The Morgan fingerprint density at radius 3 is 1.20 bits per heavy atom. The zero-order valence-electron chi connectivity index (χ0n) is 19.5. The van der Waals surface area contributed by atoms with Gasteiger partial charge in [0.2, 0.25) is 0 Å². The van der Waals surface area contributed by atoms with Crippen molar-refractivity contribution in [2.75, 3.05) is 0 Å². The molecule has 1 saturated carbocycles. The van der Waals surface area contributed by atoms with E-state index in [0.717, 1.165) is 23.0 Å². The van der Waals surface area contributed by atoms with Crippen molar-refractivity contribution in [1.82, 2.24) is 0 Å². The minimum Gasteiger partial charge on any atom is -0.481 e. The maximum absolute atomic E-state index is 12.2. The van der Waals surface area contributed by atoms with Crippen LogP contribution in [-0.2, 0) is 9.59 Å². The van der Waals surface area contributed by atoms with Crippen molar-refractivity contribution in [2.45, 2.75) is 60.3 Å². The van der Waals surface area contributed by atoms with Gasteiger partial charge in [0.15, 0.2) is 0 Å². The van der Waals surface area contributed by atoms with Crippen LogP contribution in [0.1, 0.15) is 71.4 Å². The first-order valence-electron chi connectivity index (χ1n) is 10.9. The van der Waals surface area contributed by atoms with Crippen molar-refractivity contribution in [3.05, 3.63) is 71.8 Å². The van der Waals surface area contributed by atoms with Gasteiger partial charge in [-0.25, -0.2) is 0 Å². The second-order valence-electron chi connectivity index (χ2n) is 9.34. The van der Waals surface area contributed by atoms with E-state index in [1.165, 1.54) is 0 Å². The number of hydrogen-bond acceptors (Lipinski definition) is 2. The number of benzene rings is 2. The molecule has 2 atom stereocenters. The van der Waals surface area contributed by atoms with Gasteiger partial charge in [0.05, 0.1) is 5.92 Å². The van der Waals surface area contributed by atoms with Crippen LogP contribution in [0, 0.1) is 23.7 Å². The molecule has 1 aliphatic rings. The number of carbonyl (C=O) groups is 2. The second-order valence-corrected chi connectivity index (χ2v) is 9.34. The largest absolute Gasteiger partial charge is 0.481 e. The molecule has 0 spiro atoms. The lowest BCUT2D eigenvalue weighted by Gasteiger charge is -2.49. The summed E-state index contributed by atoms with van der Waals surface area (Å²) in [4.78, 5) is 24.0. The minimum absolute atomic E-state index is 0.0557. The highest BCUT2D eigenvalue weighted by molar-refractivity contribution is 5.87. The molecule has 3 heteroatoms. The summed E-state index contributed by atoms with van der Waals surface area (Å²) in [6.45, 7) is 14.6. The van der Waals surface area contributed by atoms with Gasteiger partial charge in [-0.05, 0) is 29.9 Å². The lowest BCUT2D eigenvalue weighted by molar-refractivity contribution is -0.152. The second kappa shape index (κ2) is 12.3. The summed E-state index contributed by atoms with van der Waals surface area (Å²) in [5, 5.41) is 9.68. The first-order valence-corrected chi connectivity index (χ1v) is 10.9. The van der Waals surface area contributed by atoms with Crippen LogP contribution >= 0.6 is 0 Å². The first-order chi connectivity index (χ1) is 14.1. The maximum atomic E-state index is 12.2. The fourth-order valence-electron chi connectivity index (χ4n) is 3.74. The fraction of sp³-hybridized carbons (Fsp3) is 0.481. The molecule has 30 heavy (non-hydrogen) atoms. The summed E-state index contributed by atoms with van der Waals surface area (Å²) in [5.41, 5.74) is 1.87. The van der Waals surface area contributed by atoms with Crippen molar-refractivity contribution in [3.63, 3.8) is 0 Å². The Balaban J connectivity index is 0.000000485. The van der Waals surface area contributed by atoms with Gasteiger partial charge < -0.3 is 5.11 Å². The molecule has 3 nitrogen and oxygen atoms in total. The van der Waals surface area contributed by atoms with Crippen LogP contribution < -0.4 is 0 Å². The molecular formula is C27H38O3. The lowest BCUT2D eigenvalue weighted by Crippen LogP contribution is -2.50. The van der Waals surface area contributed by atoms with Gasteiger partial charge in [0, 0.05) is 17.8 Å². The molecule has 0 aromatic heterocycles. The van der Waals surface area contributed by atoms with E-state index in [4.69, 9.17) is 0 Å². The van der Waals surface area contributed by atoms with Crippen LogP contribution in [0.15, 0.2) is 60.7 Å². The van der Waals surface area contributed by atoms with Gasteiger partial charge >= 0.3 is 5.97 Å². The highest BCUT2D eigenvalue weighted by Gasteiger charge is 2.56. The Morgan fingerprint density at radius 2 is 0.967 bits per heavy atom. The van der Waals surface area contributed by atoms with Crippen LogP contribution in [-0.4, -0.2) is 16.9 Å². The molecule has 1 fully saturated rings. The van der Waals surface area contributed by atoms with Crippen LogP contribution in [0.3, 0.4) is 0 Å². The molecule has 2 aromatic rings. The standard InChI is InChI=1S/C19H18O3.2C4H10/c1-12(20)15-16(13-8-4-2-5-9-13)18(19(21)22)17(15)14-10-6-3-7-11-14;2*1-4(2)3/h2-11,15-18H,1H3,(H,21,22);2*4H,1-3H3. The molecule has 0 aliphatic heterocycles. The summed E-state index contributed by atoms with van der Waals surface area (Å²) in [5.74, 6) is -0.437. The van der Waals surface area contributed by atoms with Crippen molar-refractivity contribution >= 4 is 11.8 Å². The fourth-order valence-corrected chi connectivity index (χ4v) is 3.74. The predicted octanol–water partition coefficient (Wildman–Crippen LogP) is 6.80. The summed E-state index contributed by atoms with van der Waals surface area (Å²) in [6.07, 6.45) is 0. The van der Waals surface area contributed by atoms with Crippen LogP contribution in [0.5, 0.6) is 0 Å². The third-order valence-electron chi connectivity index (χ3n) is 4.67. The highest BCUT2D eigenvalue weighted by Crippen LogP contribution is 2.57. The van der Waals surface area contributed by atoms with Crippen LogP contribution in [0.2, 0.25) is 0 Å². The Labute approximate surface area is 182 Å². The van der Waals surface area contributed by atoms with E-state index >= 15 is 0 Å². The summed E-state index contributed by atoms with van der Waals surface area (Å²) < 4.78 is 0. The average Bonchev–Trinajstić information content (AvgIpc) is 2.61. The van der Waals surface area contributed by atoms with Crippen LogP contribution in [0.25, 0.3) is 0 Å². The number of Topliss-reactive ketones (excluding diaryl/α,β-unsaturated/α-hetero) is 1. The topological polar surface area (TPSA) is 54.4 Å². The van der Waals surface area contributed by atoms with E-state index in [9.17, 15) is 14.7 Å². The molecule has 0 radical (unpaired) electrons. The zero-order valence-corrected chi connectivity index (χ0v) is 19.5. The molecule has 0 heterocycles. The van der Waals surface area contributed by atoms with E-state index in [2.05, 4.69) is 41.5 Å². The van der Waals surface area contributed by atoms with Crippen molar-refractivity contribution < 1.29 is 14.7 Å². The molecule has 1 aliphatic carbocycles. The van der Waals surface area contributed by atoms with Gasteiger partial charge in [-0.3, -0.25) is 9.59 Å². The number of hydrogen-bond donors (Lipinski definition) is 1. The quantitative estimate of drug-likeness (QED) is 0.603. The average molecular weight is 411 g/mol. The maximum Gasteiger partial charge on any atom is 0.307 e. The minimum atomic E-state index is -0.833. The number of aliphatic carboxylic acids is 1. The molecule has 164 valence electrons. The summed E-state index contributed by atoms with van der Waals surface area (Å²) in [7, 11) is 0. The number of carbonyl (C=O) groups excluding carboxylic acids is 1. The Kier molecular flexibility index (Phi) is 10.5. The predicted molar refractivity (Wildman–Crippen MR) is 125 cm³/mol. The van der Waals surface area contributed by atoms with Crippen LogP contribution in [0.4, 0.5) is 0 Å². The van der Waals surface area contributed by atoms with Gasteiger partial charge in [-0.15, -0.1) is 0 Å². The van der Waals surface area contributed by atoms with Gasteiger partial charge in [-0.1, -0.05) is 102 Å². The molecule has 1 N–H and O–H groups in total. The van der Waals surface area contributed by atoms with Crippen molar-refractivity contribution in [1.29, 1.82) is 0 Å². The van der Waals surface area contributed by atoms with Gasteiger partial charge in [0.25, 0.3) is 0 Å². The van der Waals surface area contributed by atoms with E-state index < -0.39 is 11.9 Å². The van der Waals surface area contributed by atoms with Gasteiger partial charge in [0.1, 0.15) is 5.78 Å². The SMILES string of the molecule is CC(=O)C1C(c2ccccc2)C(C(=O)O)C1c1ccccc1.CC(C)C.CC(C)C. The Bertz CT molecular complexity index is 684. The normalized spacial score (nSPS) is 22.2. The van der Waals surface area contributed by atoms with Crippen molar-refractivity contribution in [2.24, 2.45) is 23.7 Å². The Hall–Kier alpha value is -2.42. The van der Waals surface area contributed by atoms with E-state index in [1.807, 2.05) is 60.7 Å². The monoisotopic (exact) mass is 410 g/mol. The lowest BCUT2D eigenvalue weighted by atomic mass is 9.51. The molecule has 2 aromatic carbocycles. The highest BCUT2D eigenvalue weighted by atomic mass is 16.4. The van der Waals surface area contributed by atoms with E-state index in [1.54, 1.807) is 6.92 Å². The smallest absolute Gasteiger partial charge is 0.307 e. The summed E-state index contributed by atoms with van der Waals surface area (Å²) in [6, 6.07) is 19.0. The first kappa shape index (κ1) is 25.6. The van der Waals surface area contributed by atoms with E-state index in [0.29, 0.717) is 0 Å². The Morgan fingerprint density at radius 1 is 0.667 bits per heavy atom. The number of carboxylic acids is 1. The summed E-state index contributed by atoms with van der Waals surface area (Å²) >= 11 is 0. The number of rotatable bonds is 4. The third-order valence-corrected chi connectivity index (χ3v) is 4.67. The van der Waals surface area contributed by atoms with E-state index in [-0.39, 0.29) is 23.5 Å². The molecule has 0 saturated heterocycles. The molecular weight excluding hydrogens is 372 g/mol. The molecule has 2 unspecified atom stereocenters. The number of ketones is 1. The molecule has 0 bridgehead atoms. The third kappa shape index (κ3) is 7.44. The molecule has 3 rings (SSSR count). The van der Waals surface area contributed by atoms with Gasteiger partial charge in [-0.2, -0.15) is 0 Å². The number of carboxylic acid groups (broad SMARTS) is 1. The molecule has 0 amide bonds. The van der Waals surface area contributed by atoms with Crippen molar-refractivity contribution in [3.8, 4) is 0 Å².